The number of amides is 1. The normalized spacial score (nSPS) is 17.8. The Morgan fingerprint density at radius 1 is 1.29 bits per heavy atom. The fourth-order valence-corrected chi connectivity index (χ4v) is 1.84. The van der Waals surface area contributed by atoms with Gasteiger partial charge in [-0.1, -0.05) is 0 Å². The third-order valence-corrected chi connectivity index (χ3v) is 2.91. The molecule has 4 N–H and O–H groups in total. The number of nitrogens with zero attached hydrogens (tertiary/aromatic N) is 1. The van der Waals surface area contributed by atoms with Crippen molar-refractivity contribution in [2.75, 3.05) is 26.2 Å². The van der Waals surface area contributed by atoms with Crippen LogP contribution in [-0.4, -0.2) is 54.1 Å². The topological polar surface area (TPSA) is 95.7 Å². The van der Waals surface area contributed by atoms with Crippen LogP contribution in [0.25, 0.3) is 0 Å². The van der Waals surface area contributed by atoms with Crippen LogP contribution >= 0.6 is 0 Å². The van der Waals surface area contributed by atoms with Gasteiger partial charge in [0.25, 0.3) is 0 Å². The minimum atomic E-state index is -1.03. The van der Waals surface area contributed by atoms with Gasteiger partial charge < -0.3 is 21.1 Å². The van der Waals surface area contributed by atoms with E-state index in [4.69, 9.17) is 10.8 Å². The summed E-state index contributed by atoms with van der Waals surface area (Å²) in [6, 6.07) is -0.903. The van der Waals surface area contributed by atoms with E-state index in [1.54, 1.807) is 0 Å². The highest BCUT2D eigenvalue weighted by atomic mass is 16.4. The Kier molecular flexibility index (Phi) is 5.93. The Bertz CT molecular complexity index is 265. The molecule has 0 radical (unpaired) electrons. The van der Waals surface area contributed by atoms with Crippen LogP contribution in [-0.2, 0) is 9.59 Å². The molecule has 1 aliphatic rings. The minimum Gasteiger partial charge on any atom is -0.480 e. The van der Waals surface area contributed by atoms with E-state index < -0.39 is 12.0 Å². The lowest BCUT2D eigenvalue weighted by atomic mass is 10.1. The highest BCUT2D eigenvalue weighted by Crippen LogP contribution is 2.09. The Hall–Kier alpha value is -1.14. The number of hydrogen-bond acceptors (Lipinski definition) is 4. The van der Waals surface area contributed by atoms with Crippen molar-refractivity contribution in [2.45, 2.75) is 31.7 Å². The lowest BCUT2D eigenvalue weighted by Gasteiger charge is -2.26. The van der Waals surface area contributed by atoms with Gasteiger partial charge in [-0.15, -0.1) is 0 Å². The highest BCUT2D eigenvalue weighted by molar-refractivity contribution is 5.76. The largest absolute Gasteiger partial charge is 0.480 e. The number of nitrogens with two attached hydrogens (primary N) is 1. The first-order valence-corrected chi connectivity index (χ1v) is 6.08. The molecule has 0 aromatic rings. The van der Waals surface area contributed by atoms with E-state index in [0.29, 0.717) is 13.0 Å². The zero-order chi connectivity index (χ0) is 12.7. The van der Waals surface area contributed by atoms with Crippen molar-refractivity contribution in [1.82, 2.24) is 10.2 Å². The van der Waals surface area contributed by atoms with Crippen molar-refractivity contribution < 1.29 is 14.7 Å². The standard InChI is InChI=1S/C11H21N3O3/c12-9(11(16)17)8-13-5-4-10(15)14-6-2-1-3-7-14/h9,13H,1-8,12H2,(H,16,17). The molecule has 0 bridgehead atoms. The van der Waals surface area contributed by atoms with E-state index in [1.807, 2.05) is 4.90 Å². The van der Waals surface area contributed by atoms with Crippen LogP contribution in [0.15, 0.2) is 0 Å². The summed E-state index contributed by atoms with van der Waals surface area (Å²) in [6.07, 6.45) is 3.79. The molecule has 0 spiro atoms. The van der Waals surface area contributed by atoms with Crippen LogP contribution in [0, 0.1) is 0 Å². The number of carbonyl (C=O) groups excluding carboxylic acids is 1. The Morgan fingerprint density at radius 3 is 2.53 bits per heavy atom. The molecule has 1 fully saturated rings. The van der Waals surface area contributed by atoms with Crippen molar-refractivity contribution >= 4 is 11.9 Å². The van der Waals surface area contributed by atoms with E-state index >= 15 is 0 Å². The average Bonchev–Trinajstić information content (AvgIpc) is 2.35. The molecule has 17 heavy (non-hydrogen) atoms. The Labute approximate surface area is 101 Å². The van der Waals surface area contributed by atoms with E-state index in [9.17, 15) is 9.59 Å². The second-order valence-corrected chi connectivity index (χ2v) is 4.34. The molecule has 1 rings (SSSR count). The third kappa shape index (κ3) is 5.14. The molecule has 0 aromatic heterocycles. The monoisotopic (exact) mass is 243 g/mol. The summed E-state index contributed by atoms with van der Waals surface area (Å²) in [6.45, 7) is 2.39. The zero-order valence-corrected chi connectivity index (χ0v) is 10.0. The summed E-state index contributed by atoms with van der Waals surface area (Å²) in [7, 11) is 0. The molecule has 0 aromatic carbocycles. The Balaban J connectivity index is 2.09. The minimum absolute atomic E-state index is 0.140. The molecule has 0 saturated carbocycles. The van der Waals surface area contributed by atoms with Gasteiger partial charge in [0.15, 0.2) is 0 Å². The van der Waals surface area contributed by atoms with Crippen LogP contribution < -0.4 is 11.1 Å². The molecule has 0 aliphatic carbocycles. The van der Waals surface area contributed by atoms with Gasteiger partial charge >= 0.3 is 5.97 Å². The lowest BCUT2D eigenvalue weighted by Crippen LogP contribution is -2.42. The predicted octanol–water partition coefficient (Wildman–Crippen LogP) is -0.609. The van der Waals surface area contributed by atoms with Gasteiger partial charge in [0.05, 0.1) is 0 Å². The second kappa shape index (κ2) is 7.24. The number of carboxylic acid groups (broad SMARTS) is 1. The van der Waals surface area contributed by atoms with Crippen LogP contribution in [0.5, 0.6) is 0 Å². The number of aliphatic carboxylic acids is 1. The highest BCUT2D eigenvalue weighted by Gasteiger charge is 2.16. The van der Waals surface area contributed by atoms with Gasteiger partial charge in [-0.3, -0.25) is 9.59 Å². The van der Waals surface area contributed by atoms with Gasteiger partial charge in [0, 0.05) is 32.6 Å². The number of piperidine rings is 1. The summed E-state index contributed by atoms with van der Waals surface area (Å²) >= 11 is 0. The summed E-state index contributed by atoms with van der Waals surface area (Å²) in [5, 5.41) is 11.4. The molecule has 1 aliphatic heterocycles. The van der Waals surface area contributed by atoms with Gasteiger partial charge in [-0.2, -0.15) is 0 Å². The van der Waals surface area contributed by atoms with E-state index in [2.05, 4.69) is 5.32 Å². The number of likely N-dealkylation sites (tertiary alicyclic amines) is 1. The molecule has 1 unspecified atom stereocenters. The molecule has 1 atom stereocenters. The molecule has 6 heteroatoms. The molecule has 1 heterocycles. The molecular formula is C11H21N3O3. The maximum atomic E-state index is 11.7. The zero-order valence-electron chi connectivity index (χ0n) is 10.0. The van der Waals surface area contributed by atoms with Crippen LogP contribution in [0.4, 0.5) is 0 Å². The fourth-order valence-electron chi connectivity index (χ4n) is 1.84. The second-order valence-electron chi connectivity index (χ2n) is 4.34. The predicted molar refractivity (Wildman–Crippen MR) is 63.5 cm³/mol. The summed E-state index contributed by atoms with van der Waals surface area (Å²) in [4.78, 5) is 24.0. The molecular weight excluding hydrogens is 222 g/mol. The van der Waals surface area contributed by atoms with Gasteiger partial charge in [0.1, 0.15) is 6.04 Å². The maximum absolute atomic E-state index is 11.7. The van der Waals surface area contributed by atoms with Crippen LogP contribution in [0.3, 0.4) is 0 Å². The number of carbonyl (C=O) groups is 2. The smallest absolute Gasteiger partial charge is 0.321 e. The first kappa shape index (κ1) is 13.9. The van der Waals surface area contributed by atoms with E-state index in [-0.39, 0.29) is 12.5 Å². The van der Waals surface area contributed by atoms with Crippen molar-refractivity contribution in [2.24, 2.45) is 5.73 Å². The average molecular weight is 243 g/mol. The van der Waals surface area contributed by atoms with Crippen molar-refractivity contribution in [1.29, 1.82) is 0 Å². The molecule has 1 amide bonds. The summed E-state index contributed by atoms with van der Waals surface area (Å²) in [5.74, 6) is -0.888. The molecule has 1 saturated heterocycles. The Morgan fingerprint density at radius 2 is 1.94 bits per heavy atom. The number of nitrogens with one attached hydrogen (secondary N) is 1. The van der Waals surface area contributed by atoms with E-state index in [0.717, 1.165) is 25.9 Å². The number of carboxylic acids is 1. The summed E-state index contributed by atoms with van der Waals surface area (Å²) in [5.41, 5.74) is 5.32. The van der Waals surface area contributed by atoms with Gasteiger partial charge in [0.2, 0.25) is 5.91 Å². The molecule has 6 nitrogen and oxygen atoms in total. The fraction of sp³-hybridized carbons (Fsp3) is 0.818. The summed E-state index contributed by atoms with van der Waals surface area (Å²) < 4.78 is 0. The first-order valence-electron chi connectivity index (χ1n) is 6.08. The van der Waals surface area contributed by atoms with Crippen molar-refractivity contribution in [3.8, 4) is 0 Å². The third-order valence-electron chi connectivity index (χ3n) is 2.91. The van der Waals surface area contributed by atoms with Gasteiger partial charge in [-0.05, 0) is 19.3 Å². The SMILES string of the molecule is NC(CNCCC(=O)N1CCCCC1)C(=O)O. The number of rotatable bonds is 6. The van der Waals surface area contributed by atoms with Crippen molar-refractivity contribution in [3.63, 3.8) is 0 Å². The molecule has 98 valence electrons. The first-order chi connectivity index (χ1) is 8.11. The van der Waals surface area contributed by atoms with Crippen LogP contribution in [0.2, 0.25) is 0 Å². The van der Waals surface area contributed by atoms with Crippen LogP contribution in [0.1, 0.15) is 25.7 Å². The quantitative estimate of drug-likeness (QED) is 0.541. The number of hydrogen-bond donors (Lipinski definition) is 3. The lowest BCUT2D eigenvalue weighted by molar-refractivity contribution is -0.138. The van der Waals surface area contributed by atoms with E-state index in [1.165, 1.54) is 6.42 Å². The maximum Gasteiger partial charge on any atom is 0.321 e. The van der Waals surface area contributed by atoms with Crippen molar-refractivity contribution in [3.05, 3.63) is 0 Å². The van der Waals surface area contributed by atoms with Gasteiger partial charge in [-0.25, -0.2) is 0 Å².